The maximum atomic E-state index is 16.1. The number of hydrogen-bond donors (Lipinski definition) is 2. The number of imidazole rings is 1. The highest BCUT2D eigenvalue weighted by Gasteiger charge is 2.31. The van der Waals surface area contributed by atoms with Gasteiger partial charge in [0.05, 0.1) is 16.6 Å². The van der Waals surface area contributed by atoms with Gasteiger partial charge in [0.1, 0.15) is 29.2 Å². The van der Waals surface area contributed by atoms with Gasteiger partial charge in [0, 0.05) is 23.3 Å². The monoisotopic (exact) mass is 533 g/mol. The first-order valence-electron chi connectivity index (χ1n) is 12.2. The smallest absolute Gasteiger partial charge is 0.270 e. The van der Waals surface area contributed by atoms with E-state index in [1.54, 1.807) is 41.0 Å². The van der Waals surface area contributed by atoms with E-state index in [1.807, 2.05) is 0 Å². The van der Waals surface area contributed by atoms with Crippen molar-refractivity contribution >= 4 is 28.5 Å². The number of rotatable bonds is 5. The predicted molar refractivity (Wildman–Crippen MR) is 138 cm³/mol. The van der Waals surface area contributed by atoms with E-state index in [0.717, 1.165) is 12.8 Å². The van der Waals surface area contributed by atoms with Gasteiger partial charge in [0.15, 0.2) is 11.6 Å². The topological polar surface area (TPSA) is 101 Å². The van der Waals surface area contributed by atoms with Crippen molar-refractivity contribution in [2.75, 3.05) is 0 Å². The number of benzene rings is 2. The number of H-pyrrole nitrogens is 1. The molecule has 1 aliphatic rings. The first-order chi connectivity index (χ1) is 18.5. The van der Waals surface area contributed by atoms with Crippen LogP contribution in [0.15, 0.2) is 61.1 Å². The molecule has 38 heavy (non-hydrogen) atoms. The third-order valence-corrected chi connectivity index (χ3v) is 7.10. The van der Waals surface area contributed by atoms with Gasteiger partial charge in [-0.3, -0.25) is 14.9 Å². The van der Waals surface area contributed by atoms with Gasteiger partial charge in [-0.2, -0.15) is 5.10 Å². The molecule has 0 bridgehead atoms. The third-order valence-electron chi connectivity index (χ3n) is 6.86. The normalized spacial score (nSPS) is 17.6. The van der Waals surface area contributed by atoms with Gasteiger partial charge < -0.3 is 9.88 Å². The second-order valence-corrected chi connectivity index (χ2v) is 9.69. The fourth-order valence-electron chi connectivity index (χ4n) is 5.16. The van der Waals surface area contributed by atoms with Gasteiger partial charge in [-0.15, -0.1) is 0 Å². The highest BCUT2D eigenvalue weighted by atomic mass is 35.5. The van der Waals surface area contributed by atoms with Crippen molar-refractivity contribution in [1.29, 1.82) is 0 Å². The Morgan fingerprint density at radius 2 is 1.95 bits per heavy atom. The number of nitrogens with zero attached hydrogens (tertiary/aromatic N) is 5. The fraction of sp³-hybridized carbons (Fsp3) is 0.222. The van der Waals surface area contributed by atoms with Crippen molar-refractivity contribution in [2.24, 2.45) is 0 Å². The average molecular weight is 534 g/mol. The first kappa shape index (κ1) is 24.2. The van der Waals surface area contributed by atoms with Gasteiger partial charge >= 0.3 is 0 Å². The lowest BCUT2D eigenvalue weighted by Gasteiger charge is -2.32. The van der Waals surface area contributed by atoms with Crippen LogP contribution in [0, 0.1) is 11.6 Å². The molecule has 0 aliphatic heterocycles. The molecule has 0 radical (unpaired) electrons. The average Bonchev–Trinajstić information content (AvgIpc) is 3.58. The summed E-state index contributed by atoms with van der Waals surface area (Å²) >= 11 is 6.02. The number of halogens is 3. The lowest BCUT2D eigenvalue weighted by molar-refractivity contribution is 0.0916. The molecule has 6 rings (SSSR count). The van der Waals surface area contributed by atoms with Crippen molar-refractivity contribution in [2.45, 2.75) is 37.8 Å². The molecule has 2 N–H and O–H groups in total. The highest BCUT2D eigenvalue weighted by molar-refractivity contribution is 6.30. The Labute approximate surface area is 221 Å². The molecule has 2 aromatic carbocycles. The number of nitrogens with one attached hydrogen (secondary N) is 2. The van der Waals surface area contributed by atoms with E-state index >= 15 is 4.39 Å². The Morgan fingerprint density at radius 1 is 1.08 bits per heavy atom. The molecule has 2 atom stereocenters. The quantitative estimate of drug-likeness (QED) is 0.300. The van der Waals surface area contributed by atoms with Crippen LogP contribution >= 0.6 is 11.6 Å². The van der Waals surface area contributed by atoms with Crippen LogP contribution in [0.3, 0.4) is 0 Å². The van der Waals surface area contributed by atoms with Crippen molar-refractivity contribution < 1.29 is 13.6 Å². The summed E-state index contributed by atoms with van der Waals surface area (Å²) in [5.74, 6) is -0.774. The van der Waals surface area contributed by atoms with Crippen molar-refractivity contribution in [3.8, 4) is 22.8 Å². The third kappa shape index (κ3) is 4.41. The molecular formula is C27H22ClF2N7O. The summed E-state index contributed by atoms with van der Waals surface area (Å²) in [5, 5.41) is 10.1. The Bertz CT molecular complexity index is 1640. The summed E-state index contributed by atoms with van der Waals surface area (Å²) in [7, 11) is 0. The van der Waals surface area contributed by atoms with Crippen LogP contribution in [0.25, 0.3) is 33.8 Å². The molecule has 11 heteroatoms. The molecule has 1 amide bonds. The van der Waals surface area contributed by atoms with E-state index < -0.39 is 11.6 Å². The van der Waals surface area contributed by atoms with Crippen LogP contribution in [-0.2, 0) is 0 Å². The number of carbonyl (C=O) groups excluding carboxylic acids is 1. The Morgan fingerprint density at radius 3 is 2.74 bits per heavy atom. The number of amides is 1. The van der Waals surface area contributed by atoms with Gasteiger partial charge in [0.2, 0.25) is 0 Å². The molecule has 8 nitrogen and oxygen atoms in total. The van der Waals surface area contributed by atoms with Gasteiger partial charge in [-0.25, -0.2) is 18.7 Å². The number of fused-ring (bicyclic) bond motifs is 1. The minimum absolute atomic E-state index is 0.202. The zero-order chi connectivity index (χ0) is 26.2. The van der Waals surface area contributed by atoms with E-state index in [4.69, 9.17) is 11.6 Å². The lowest BCUT2D eigenvalue weighted by atomic mass is 9.90. The summed E-state index contributed by atoms with van der Waals surface area (Å²) in [5.41, 5.74) is 1.36. The van der Waals surface area contributed by atoms with Crippen molar-refractivity contribution in [3.05, 3.63) is 83.4 Å². The summed E-state index contributed by atoms with van der Waals surface area (Å²) < 4.78 is 32.9. The minimum Gasteiger partial charge on any atom is -0.348 e. The molecule has 1 fully saturated rings. The predicted octanol–water partition coefficient (Wildman–Crippen LogP) is 5.73. The standard InChI is InChI=1S/C27H22ClF2N7O/c28-15-10-11-31-22(12-15)27(38)34-16-4-3-5-17(13-16)37-24-21(35-26(37)18-6-1-2-7-20(18)29)9-8-19(23(24)30)25-32-14-33-36-25/h1-2,6-12,14,16-17H,3-5,13H2,(H,34,38)(H,32,33,36)/t16-,17+/m0/s1. The molecular weight excluding hydrogens is 512 g/mol. The zero-order valence-electron chi connectivity index (χ0n) is 20.0. The molecule has 3 aromatic heterocycles. The Hall–Kier alpha value is -4.18. The van der Waals surface area contributed by atoms with Crippen LogP contribution in [0.2, 0.25) is 5.02 Å². The van der Waals surface area contributed by atoms with E-state index in [9.17, 15) is 9.18 Å². The van der Waals surface area contributed by atoms with Gasteiger partial charge in [-0.1, -0.05) is 23.7 Å². The van der Waals surface area contributed by atoms with Gasteiger partial charge in [0.25, 0.3) is 5.91 Å². The highest BCUT2D eigenvalue weighted by Crippen LogP contribution is 2.39. The number of aromatic nitrogens is 6. The fourth-order valence-corrected chi connectivity index (χ4v) is 5.32. The molecule has 1 saturated carbocycles. The van der Waals surface area contributed by atoms with Crippen molar-refractivity contribution in [3.63, 3.8) is 0 Å². The Kier molecular flexibility index (Phi) is 6.32. The molecule has 5 aromatic rings. The SMILES string of the molecule is O=C(N[C@H]1CCC[C@@H](n2c(-c3ccccc3F)nc3ccc(-c4nc[nH]n4)c(F)c32)C1)c1cc(Cl)ccn1. The van der Waals surface area contributed by atoms with Gasteiger partial charge in [-0.05, 0) is 62.1 Å². The molecule has 1 aliphatic carbocycles. The van der Waals surface area contributed by atoms with E-state index in [0.29, 0.717) is 29.2 Å². The number of carbonyl (C=O) groups is 1. The minimum atomic E-state index is -0.536. The lowest BCUT2D eigenvalue weighted by Crippen LogP contribution is -2.39. The Balaban J connectivity index is 1.42. The largest absolute Gasteiger partial charge is 0.348 e. The molecule has 3 heterocycles. The molecule has 192 valence electrons. The summed E-state index contributed by atoms with van der Waals surface area (Å²) in [4.78, 5) is 25.7. The number of hydrogen-bond acceptors (Lipinski definition) is 5. The van der Waals surface area contributed by atoms with Crippen LogP contribution in [-0.4, -0.2) is 41.7 Å². The van der Waals surface area contributed by atoms with Crippen LogP contribution < -0.4 is 5.32 Å². The van der Waals surface area contributed by atoms with Crippen LogP contribution in [0.1, 0.15) is 42.2 Å². The summed E-state index contributed by atoms with van der Waals surface area (Å²) in [6.07, 6.45) is 5.59. The second-order valence-electron chi connectivity index (χ2n) is 9.25. The van der Waals surface area contributed by atoms with E-state index in [1.165, 1.54) is 24.7 Å². The molecule has 0 saturated heterocycles. The van der Waals surface area contributed by atoms with Crippen LogP contribution in [0.4, 0.5) is 8.78 Å². The second kappa shape index (κ2) is 9.94. The molecule has 0 unspecified atom stereocenters. The van der Waals surface area contributed by atoms with E-state index in [2.05, 4.69) is 30.5 Å². The summed E-state index contributed by atoms with van der Waals surface area (Å²) in [6, 6.07) is 12.2. The van der Waals surface area contributed by atoms with E-state index in [-0.39, 0.29) is 46.2 Å². The van der Waals surface area contributed by atoms with Crippen LogP contribution in [0.5, 0.6) is 0 Å². The maximum Gasteiger partial charge on any atom is 0.270 e. The number of pyridine rings is 1. The number of aromatic amines is 1. The molecule has 0 spiro atoms. The first-order valence-corrected chi connectivity index (χ1v) is 12.6. The zero-order valence-corrected chi connectivity index (χ0v) is 20.8. The maximum absolute atomic E-state index is 16.1. The van der Waals surface area contributed by atoms with Crippen molar-refractivity contribution in [1.82, 2.24) is 35.0 Å². The summed E-state index contributed by atoms with van der Waals surface area (Å²) in [6.45, 7) is 0.